The third kappa shape index (κ3) is 2.44. The molecule has 2 aromatic rings. The minimum Gasteiger partial charge on any atom is -0.333 e. The second-order valence-electron chi connectivity index (χ2n) is 4.16. The summed E-state index contributed by atoms with van der Waals surface area (Å²) in [7, 11) is 1.50. The van der Waals surface area contributed by atoms with Gasteiger partial charge in [0.25, 0.3) is 0 Å². The van der Waals surface area contributed by atoms with E-state index >= 15 is 0 Å². The highest BCUT2D eigenvalue weighted by molar-refractivity contribution is 6.38. The van der Waals surface area contributed by atoms with Gasteiger partial charge < -0.3 is 5.73 Å². The van der Waals surface area contributed by atoms with E-state index in [1.807, 2.05) is 30.3 Å². The van der Waals surface area contributed by atoms with Crippen molar-refractivity contribution in [2.45, 2.75) is 0 Å². The lowest BCUT2D eigenvalue weighted by atomic mass is 9.86. The van der Waals surface area contributed by atoms with Crippen LogP contribution in [0.2, 0.25) is 0 Å². The zero-order valence-electron chi connectivity index (χ0n) is 11.2. The van der Waals surface area contributed by atoms with Crippen molar-refractivity contribution in [1.29, 1.82) is 0 Å². The van der Waals surface area contributed by atoms with Crippen LogP contribution in [0.5, 0.6) is 0 Å². The molecular weight excluding hydrogens is 250 g/mol. The first-order valence-corrected chi connectivity index (χ1v) is 6.30. The van der Waals surface area contributed by atoms with Crippen LogP contribution >= 0.6 is 0 Å². The third-order valence-corrected chi connectivity index (χ3v) is 3.04. The SMILES string of the molecule is CN.O=C1C=C(c2ccccc2)C(=O)c2ccccc21. The predicted octanol–water partition coefficient (Wildman–Crippen LogP) is 2.72. The fourth-order valence-electron chi connectivity index (χ4n) is 2.15. The largest absolute Gasteiger partial charge is 0.333 e. The fourth-order valence-corrected chi connectivity index (χ4v) is 2.15. The van der Waals surface area contributed by atoms with Crippen LogP contribution in [-0.2, 0) is 0 Å². The number of carbonyl (C=O) groups is 2. The maximum absolute atomic E-state index is 12.3. The molecule has 0 bridgehead atoms. The Morgan fingerprint density at radius 1 is 0.750 bits per heavy atom. The van der Waals surface area contributed by atoms with E-state index in [2.05, 4.69) is 5.73 Å². The summed E-state index contributed by atoms with van der Waals surface area (Å²) in [5.41, 5.74) is 6.73. The van der Waals surface area contributed by atoms with Crippen molar-refractivity contribution in [1.82, 2.24) is 0 Å². The van der Waals surface area contributed by atoms with E-state index in [0.717, 1.165) is 5.56 Å². The molecule has 3 heteroatoms. The quantitative estimate of drug-likeness (QED) is 0.862. The minimum atomic E-state index is -0.107. The van der Waals surface area contributed by atoms with Crippen LogP contribution in [0.1, 0.15) is 26.3 Å². The summed E-state index contributed by atoms with van der Waals surface area (Å²) >= 11 is 0. The van der Waals surface area contributed by atoms with Crippen LogP contribution in [0.4, 0.5) is 0 Å². The number of carbonyl (C=O) groups excluding carboxylic acids is 2. The lowest BCUT2D eigenvalue weighted by Gasteiger charge is -2.14. The van der Waals surface area contributed by atoms with E-state index in [1.165, 1.54) is 13.1 Å². The van der Waals surface area contributed by atoms with E-state index in [-0.39, 0.29) is 11.6 Å². The van der Waals surface area contributed by atoms with Crippen molar-refractivity contribution in [2.75, 3.05) is 7.05 Å². The van der Waals surface area contributed by atoms with Crippen LogP contribution in [0.3, 0.4) is 0 Å². The Hall–Kier alpha value is -2.52. The number of fused-ring (bicyclic) bond motifs is 1. The van der Waals surface area contributed by atoms with Crippen LogP contribution in [0, 0.1) is 0 Å². The molecule has 3 nitrogen and oxygen atoms in total. The number of nitrogens with two attached hydrogens (primary N) is 1. The van der Waals surface area contributed by atoms with Crippen molar-refractivity contribution in [3.63, 3.8) is 0 Å². The molecule has 0 saturated carbocycles. The zero-order valence-corrected chi connectivity index (χ0v) is 11.2. The number of allylic oxidation sites excluding steroid dienone is 2. The van der Waals surface area contributed by atoms with Gasteiger partial charge >= 0.3 is 0 Å². The summed E-state index contributed by atoms with van der Waals surface area (Å²) < 4.78 is 0. The number of benzene rings is 2. The molecule has 2 aromatic carbocycles. The molecule has 0 heterocycles. The molecule has 0 fully saturated rings. The predicted molar refractivity (Wildman–Crippen MR) is 79.6 cm³/mol. The lowest BCUT2D eigenvalue weighted by molar-refractivity contribution is 0.100. The standard InChI is InChI=1S/C16H10O2.CH5N/c17-15-10-14(11-6-2-1-3-7-11)16(18)13-9-5-4-8-12(13)15;1-2/h1-10H;2H2,1H3. The number of rotatable bonds is 1. The number of Topliss-reactive ketones (excluding diaryl/α,β-unsaturated/α-hetero) is 1. The monoisotopic (exact) mass is 265 g/mol. The molecule has 0 spiro atoms. The molecule has 0 unspecified atom stereocenters. The Balaban J connectivity index is 0.000000704. The second-order valence-corrected chi connectivity index (χ2v) is 4.16. The van der Waals surface area contributed by atoms with Gasteiger partial charge in [0, 0.05) is 16.7 Å². The maximum atomic E-state index is 12.3. The molecule has 0 aliphatic heterocycles. The van der Waals surface area contributed by atoms with E-state index in [1.54, 1.807) is 24.3 Å². The lowest BCUT2D eigenvalue weighted by Crippen LogP contribution is -2.15. The highest BCUT2D eigenvalue weighted by Gasteiger charge is 2.25. The van der Waals surface area contributed by atoms with Gasteiger partial charge in [0.2, 0.25) is 0 Å². The summed E-state index contributed by atoms with van der Waals surface area (Å²) in [6, 6.07) is 16.2. The van der Waals surface area contributed by atoms with Crippen molar-refractivity contribution in [2.24, 2.45) is 5.73 Å². The molecule has 1 aliphatic carbocycles. The fraction of sp³-hybridized carbons (Fsp3) is 0.0588. The van der Waals surface area contributed by atoms with E-state index < -0.39 is 0 Å². The molecule has 0 amide bonds. The number of ketones is 2. The second kappa shape index (κ2) is 6.08. The van der Waals surface area contributed by atoms with Gasteiger partial charge in [-0.05, 0) is 18.7 Å². The minimum absolute atomic E-state index is 0.0867. The molecule has 0 radical (unpaired) electrons. The Morgan fingerprint density at radius 3 is 1.95 bits per heavy atom. The molecule has 0 atom stereocenters. The van der Waals surface area contributed by atoms with Gasteiger partial charge in [-0.15, -0.1) is 0 Å². The van der Waals surface area contributed by atoms with Crippen molar-refractivity contribution >= 4 is 17.1 Å². The zero-order chi connectivity index (χ0) is 14.5. The van der Waals surface area contributed by atoms with Gasteiger partial charge in [-0.25, -0.2) is 0 Å². The third-order valence-electron chi connectivity index (χ3n) is 3.04. The summed E-state index contributed by atoms with van der Waals surface area (Å²) in [5.74, 6) is -0.194. The first kappa shape index (κ1) is 13.9. The summed E-state index contributed by atoms with van der Waals surface area (Å²) in [5, 5.41) is 0. The van der Waals surface area contributed by atoms with Gasteiger partial charge in [-0.2, -0.15) is 0 Å². The van der Waals surface area contributed by atoms with E-state index in [9.17, 15) is 9.59 Å². The van der Waals surface area contributed by atoms with Gasteiger partial charge in [-0.3, -0.25) is 9.59 Å². The van der Waals surface area contributed by atoms with E-state index in [0.29, 0.717) is 16.7 Å². The molecule has 0 saturated heterocycles. The smallest absolute Gasteiger partial charge is 0.194 e. The van der Waals surface area contributed by atoms with Crippen LogP contribution in [0.15, 0.2) is 60.7 Å². The molecule has 3 rings (SSSR count). The van der Waals surface area contributed by atoms with Crippen LogP contribution < -0.4 is 5.73 Å². The Bertz CT molecular complexity index is 672. The topological polar surface area (TPSA) is 60.2 Å². The van der Waals surface area contributed by atoms with Gasteiger partial charge in [0.05, 0.1) is 0 Å². The van der Waals surface area contributed by atoms with Crippen molar-refractivity contribution < 1.29 is 9.59 Å². The highest BCUT2D eigenvalue weighted by atomic mass is 16.1. The normalized spacial score (nSPS) is 13.0. The molecule has 1 aliphatic rings. The average Bonchev–Trinajstić information content (AvgIpc) is 2.54. The molecule has 100 valence electrons. The first-order valence-electron chi connectivity index (χ1n) is 6.30. The summed E-state index contributed by atoms with van der Waals surface area (Å²) in [6.45, 7) is 0. The number of hydrogen-bond acceptors (Lipinski definition) is 3. The Kier molecular flexibility index (Phi) is 4.23. The van der Waals surface area contributed by atoms with Gasteiger partial charge in [0.1, 0.15) is 0 Å². The van der Waals surface area contributed by atoms with Gasteiger partial charge in [-0.1, -0.05) is 54.6 Å². The number of hydrogen-bond donors (Lipinski definition) is 1. The Labute approximate surface area is 117 Å². The average molecular weight is 265 g/mol. The Morgan fingerprint density at radius 2 is 1.30 bits per heavy atom. The summed E-state index contributed by atoms with van der Waals surface area (Å²) in [4.78, 5) is 24.3. The molecule has 20 heavy (non-hydrogen) atoms. The molecular formula is C17H15NO2. The summed E-state index contributed by atoms with van der Waals surface area (Å²) in [6.07, 6.45) is 1.43. The van der Waals surface area contributed by atoms with Crippen molar-refractivity contribution in [3.05, 3.63) is 77.4 Å². The van der Waals surface area contributed by atoms with E-state index in [4.69, 9.17) is 0 Å². The van der Waals surface area contributed by atoms with Gasteiger partial charge in [0.15, 0.2) is 11.6 Å². The molecule has 0 aromatic heterocycles. The van der Waals surface area contributed by atoms with Crippen LogP contribution in [-0.4, -0.2) is 18.6 Å². The highest BCUT2D eigenvalue weighted by Crippen LogP contribution is 2.27. The van der Waals surface area contributed by atoms with Crippen molar-refractivity contribution in [3.8, 4) is 0 Å². The van der Waals surface area contributed by atoms with Crippen LogP contribution in [0.25, 0.3) is 5.57 Å². The molecule has 2 N–H and O–H groups in total. The maximum Gasteiger partial charge on any atom is 0.194 e. The first-order chi connectivity index (χ1) is 9.77.